The molecule has 124 valence electrons. The number of hydrogen-bond donors (Lipinski definition) is 0. The van der Waals surface area contributed by atoms with Crippen molar-refractivity contribution in [3.05, 3.63) is 64.2 Å². The number of carbonyl (C=O) groups excluding carboxylic acids is 1. The summed E-state index contributed by atoms with van der Waals surface area (Å²) < 4.78 is 48.5. The Morgan fingerprint density at radius 2 is 1.88 bits per heavy atom. The Bertz CT molecular complexity index is 857. The molecule has 0 saturated carbocycles. The van der Waals surface area contributed by atoms with Gasteiger partial charge in [0.05, 0.1) is 16.1 Å². The van der Waals surface area contributed by atoms with E-state index in [1.807, 2.05) is 0 Å². The molecule has 0 fully saturated rings. The second-order valence-electron chi connectivity index (χ2n) is 4.99. The summed E-state index contributed by atoms with van der Waals surface area (Å²) in [5.41, 5.74) is 0.0899. The average molecular weight is 355 g/mol. The highest BCUT2D eigenvalue weighted by molar-refractivity contribution is 6.32. The van der Waals surface area contributed by atoms with E-state index in [0.717, 1.165) is 18.2 Å². The highest BCUT2D eigenvalue weighted by Crippen LogP contribution is 2.38. The zero-order valence-corrected chi connectivity index (χ0v) is 13.0. The lowest BCUT2D eigenvalue weighted by molar-refractivity contribution is -0.137. The van der Waals surface area contributed by atoms with Crippen molar-refractivity contribution >= 4 is 23.3 Å². The number of carbonyl (C=O) groups is 1. The molecule has 2 aromatic rings. The molecular weight excluding hydrogens is 345 g/mol. The SMILES string of the molecule is CC=C1OC(=O)c2cc(Oc3ccc(C(F)(F)F)cc3Cl)ccc21. The van der Waals surface area contributed by atoms with E-state index in [-0.39, 0.29) is 16.5 Å². The maximum atomic E-state index is 12.6. The van der Waals surface area contributed by atoms with Gasteiger partial charge >= 0.3 is 12.1 Å². The van der Waals surface area contributed by atoms with Crippen LogP contribution in [-0.2, 0) is 10.9 Å². The summed E-state index contributed by atoms with van der Waals surface area (Å²) in [6.45, 7) is 1.74. The van der Waals surface area contributed by atoms with Crippen LogP contribution in [0.5, 0.6) is 11.5 Å². The van der Waals surface area contributed by atoms with Crippen molar-refractivity contribution in [2.24, 2.45) is 0 Å². The Balaban J connectivity index is 1.91. The molecule has 1 aliphatic rings. The first-order valence-electron chi connectivity index (χ1n) is 6.87. The Kier molecular flexibility index (Phi) is 4.01. The Morgan fingerprint density at radius 1 is 1.12 bits per heavy atom. The molecule has 3 nitrogen and oxygen atoms in total. The number of cyclic esters (lactones) is 1. The van der Waals surface area contributed by atoms with Gasteiger partial charge in [-0.1, -0.05) is 11.6 Å². The third-order valence-corrected chi connectivity index (χ3v) is 3.72. The largest absolute Gasteiger partial charge is 0.456 e. The number of alkyl halides is 3. The first kappa shape index (κ1) is 16.4. The summed E-state index contributed by atoms with van der Waals surface area (Å²) in [7, 11) is 0. The van der Waals surface area contributed by atoms with Crippen LogP contribution < -0.4 is 4.74 Å². The van der Waals surface area contributed by atoms with Crippen molar-refractivity contribution in [1.82, 2.24) is 0 Å². The summed E-state index contributed by atoms with van der Waals surface area (Å²) >= 11 is 5.85. The van der Waals surface area contributed by atoms with Gasteiger partial charge in [0.25, 0.3) is 0 Å². The van der Waals surface area contributed by atoms with Crippen LogP contribution in [-0.4, -0.2) is 5.97 Å². The lowest BCUT2D eigenvalue weighted by Crippen LogP contribution is -2.04. The van der Waals surface area contributed by atoms with Crippen molar-refractivity contribution in [3.8, 4) is 11.5 Å². The molecule has 3 rings (SSSR count). The third kappa shape index (κ3) is 2.97. The first-order valence-corrected chi connectivity index (χ1v) is 7.25. The fourth-order valence-corrected chi connectivity index (χ4v) is 2.50. The Labute approximate surface area is 140 Å². The van der Waals surface area contributed by atoms with Crippen molar-refractivity contribution in [2.75, 3.05) is 0 Å². The van der Waals surface area contributed by atoms with Gasteiger partial charge in [0.1, 0.15) is 17.3 Å². The maximum Gasteiger partial charge on any atom is 0.416 e. The number of allylic oxidation sites excluding steroid dienone is 1. The van der Waals surface area contributed by atoms with E-state index >= 15 is 0 Å². The van der Waals surface area contributed by atoms with E-state index < -0.39 is 17.7 Å². The maximum absolute atomic E-state index is 12.6. The molecule has 0 amide bonds. The van der Waals surface area contributed by atoms with Gasteiger partial charge in [-0.05, 0) is 49.4 Å². The molecule has 24 heavy (non-hydrogen) atoms. The lowest BCUT2D eigenvalue weighted by Gasteiger charge is -2.11. The van der Waals surface area contributed by atoms with Crippen LogP contribution >= 0.6 is 11.6 Å². The normalized spacial score (nSPS) is 15.4. The number of fused-ring (bicyclic) bond motifs is 1. The Morgan fingerprint density at radius 3 is 2.50 bits per heavy atom. The van der Waals surface area contributed by atoms with Crippen LogP contribution in [0.4, 0.5) is 13.2 Å². The molecule has 0 aromatic heterocycles. The number of benzene rings is 2. The fraction of sp³-hybridized carbons (Fsp3) is 0.118. The number of rotatable bonds is 2. The van der Waals surface area contributed by atoms with E-state index in [1.165, 1.54) is 6.07 Å². The zero-order valence-electron chi connectivity index (χ0n) is 12.3. The molecule has 7 heteroatoms. The lowest BCUT2D eigenvalue weighted by atomic mass is 10.1. The molecule has 0 unspecified atom stereocenters. The quantitative estimate of drug-likeness (QED) is 0.651. The standard InChI is InChI=1S/C17H10ClF3O3/c1-2-14-11-5-4-10(8-12(11)16(22)24-14)23-15-6-3-9(7-13(15)18)17(19,20)21/h2-8H,1H3. The van der Waals surface area contributed by atoms with Gasteiger partial charge in [0.15, 0.2) is 0 Å². The summed E-state index contributed by atoms with van der Waals surface area (Å²) in [5, 5.41) is -0.179. The topological polar surface area (TPSA) is 35.5 Å². The van der Waals surface area contributed by atoms with Crippen molar-refractivity contribution in [3.63, 3.8) is 0 Å². The molecular formula is C17H10ClF3O3. The molecule has 0 atom stereocenters. The second-order valence-corrected chi connectivity index (χ2v) is 5.40. The molecule has 0 saturated heterocycles. The fourth-order valence-electron chi connectivity index (χ4n) is 2.28. The summed E-state index contributed by atoms with van der Waals surface area (Å²) in [4.78, 5) is 11.8. The number of hydrogen-bond acceptors (Lipinski definition) is 3. The van der Waals surface area contributed by atoms with E-state index in [0.29, 0.717) is 16.9 Å². The van der Waals surface area contributed by atoms with Crippen LogP contribution in [0.15, 0.2) is 42.5 Å². The molecule has 0 bridgehead atoms. The van der Waals surface area contributed by atoms with Gasteiger partial charge in [-0.15, -0.1) is 0 Å². The third-order valence-electron chi connectivity index (χ3n) is 3.43. The molecule has 0 spiro atoms. The average Bonchev–Trinajstić information content (AvgIpc) is 2.84. The van der Waals surface area contributed by atoms with Crippen molar-refractivity contribution < 1.29 is 27.4 Å². The molecule has 1 aliphatic heterocycles. The van der Waals surface area contributed by atoms with Gasteiger partial charge in [-0.25, -0.2) is 4.79 Å². The second kappa shape index (κ2) is 5.87. The van der Waals surface area contributed by atoms with Crippen LogP contribution in [0.1, 0.15) is 28.4 Å². The molecule has 0 radical (unpaired) electrons. The molecule has 0 N–H and O–H groups in total. The molecule has 1 heterocycles. The van der Waals surface area contributed by atoms with Gasteiger partial charge in [-0.3, -0.25) is 0 Å². The summed E-state index contributed by atoms with van der Waals surface area (Å²) in [6.07, 6.45) is -2.82. The first-order chi connectivity index (χ1) is 11.3. The minimum atomic E-state index is -4.48. The highest BCUT2D eigenvalue weighted by Gasteiger charge is 2.31. The van der Waals surface area contributed by atoms with Crippen LogP contribution in [0.2, 0.25) is 5.02 Å². The number of halogens is 4. The van der Waals surface area contributed by atoms with Gasteiger partial charge in [-0.2, -0.15) is 13.2 Å². The van der Waals surface area contributed by atoms with E-state index in [2.05, 4.69) is 0 Å². The summed E-state index contributed by atoms with van der Waals surface area (Å²) in [5.74, 6) is 0.267. The minimum Gasteiger partial charge on any atom is -0.456 e. The predicted octanol–water partition coefficient (Wildman–Crippen LogP) is 5.68. The number of esters is 1. The van der Waals surface area contributed by atoms with Crippen molar-refractivity contribution in [1.29, 1.82) is 0 Å². The molecule has 0 aliphatic carbocycles. The van der Waals surface area contributed by atoms with Crippen LogP contribution in [0.25, 0.3) is 5.76 Å². The Hall–Kier alpha value is -2.47. The predicted molar refractivity (Wildman–Crippen MR) is 82.0 cm³/mol. The van der Waals surface area contributed by atoms with Crippen LogP contribution in [0.3, 0.4) is 0 Å². The number of ether oxygens (including phenoxy) is 2. The van der Waals surface area contributed by atoms with E-state index in [4.69, 9.17) is 21.1 Å². The molecule has 2 aromatic carbocycles. The zero-order chi connectivity index (χ0) is 17.5. The van der Waals surface area contributed by atoms with Crippen molar-refractivity contribution in [2.45, 2.75) is 13.1 Å². The summed E-state index contributed by atoms with van der Waals surface area (Å²) in [6, 6.07) is 7.48. The van der Waals surface area contributed by atoms with Crippen LogP contribution in [0, 0.1) is 0 Å². The van der Waals surface area contributed by atoms with E-state index in [1.54, 1.807) is 25.1 Å². The monoisotopic (exact) mass is 354 g/mol. The highest BCUT2D eigenvalue weighted by atomic mass is 35.5. The van der Waals surface area contributed by atoms with Gasteiger partial charge in [0, 0.05) is 5.56 Å². The smallest absolute Gasteiger partial charge is 0.416 e. The van der Waals surface area contributed by atoms with Gasteiger partial charge < -0.3 is 9.47 Å². The minimum absolute atomic E-state index is 0.0576. The van der Waals surface area contributed by atoms with Gasteiger partial charge in [0.2, 0.25) is 0 Å². The van der Waals surface area contributed by atoms with E-state index in [9.17, 15) is 18.0 Å².